The maximum absolute atomic E-state index is 11.6. The lowest BCUT2D eigenvalue weighted by molar-refractivity contribution is 0.112. The largest absolute Gasteiger partial charge is 0.496 e. The van der Waals surface area contributed by atoms with Crippen molar-refractivity contribution in [2.75, 3.05) is 21.3 Å². The van der Waals surface area contributed by atoms with Gasteiger partial charge in [-0.25, -0.2) is 0 Å². The lowest BCUT2D eigenvalue weighted by atomic mass is 9.94. The number of rotatable bonds is 4. The van der Waals surface area contributed by atoms with Gasteiger partial charge in [-0.2, -0.15) is 0 Å². The molecule has 0 bridgehead atoms. The molecule has 0 aliphatic carbocycles. The van der Waals surface area contributed by atoms with Gasteiger partial charge in [-0.15, -0.1) is 0 Å². The molecule has 0 fully saturated rings. The summed E-state index contributed by atoms with van der Waals surface area (Å²) in [6.07, 6.45) is 0.815. The second-order valence-corrected chi connectivity index (χ2v) is 5.27. The van der Waals surface area contributed by atoms with E-state index in [0.717, 1.165) is 39.1 Å². The molecule has 4 nitrogen and oxygen atoms in total. The quantitative estimate of drug-likeness (QED) is 0.536. The van der Waals surface area contributed by atoms with E-state index in [0.29, 0.717) is 17.1 Å². The fraction of sp³-hybridized carbons (Fsp3) is 0.211. The van der Waals surface area contributed by atoms with Crippen molar-refractivity contribution >= 4 is 27.8 Å². The summed E-state index contributed by atoms with van der Waals surface area (Å²) in [6.45, 7) is 1.86. The number of hydrogen-bond acceptors (Lipinski definition) is 4. The van der Waals surface area contributed by atoms with Crippen molar-refractivity contribution in [2.45, 2.75) is 6.92 Å². The molecule has 0 unspecified atom stereocenters. The number of fused-ring (bicyclic) bond motifs is 3. The van der Waals surface area contributed by atoms with E-state index in [1.807, 2.05) is 37.3 Å². The highest BCUT2D eigenvalue weighted by Crippen LogP contribution is 2.44. The second-order valence-electron chi connectivity index (χ2n) is 5.27. The number of carbonyl (C=O) groups is 1. The minimum atomic E-state index is 0.507. The molecule has 0 atom stereocenters. The van der Waals surface area contributed by atoms with Crippen molar-refractivity contribution in [3.8, 4) is 17.2 Å². The first-order valence-electron chi connectivity index (χ1n) is 7.27. The number of hydrogen-bond donors (Lipinski definition) is 0. The summed E-state index contributed by atoms with van der Waals surface area (Å²) < 4.78 is 16.6. The predicted molar refractivity (Wildman–Crippen MR) is 91.2 cm³/mol. The molecule has 0 amide bonds. The molecule has 118 valence electrons. The fourth-order valence-corrected chi connectivity index (χ4v) is 3.19. The first-order valence-corrected chi connectivity index (χ1v) is 7.27. The first kappa shape index (κ1) is 15.2. The van der Waals surface area contributed by atoms with Crippen LogP contribution in [0, 0.1) is 6.92 Å². The number of ether oxygens (including phenoxy) is 3. The van der Waals surface area contributed by atoms with E-state index >= 15 is 0 Å². The molecule has 4 heteroatoms. The maximum Gasteiger partial charge on any atom is 0.154 e. The van der Waals surface area contributed by atoms with E-state index in [9.17, 15) is 4.79 Å². The van der Waals surface area contributed by atoms with Crippen LogP contribution in [0.25, 0.3) is 21.5 Å². The molecule has 0 spiro atoms. The third-order valence-electron chi connectivity index (χ3n) is 4.23. The Bertz CT molecular complexity index is 913. The van der Waals surface area contributed by atoms with E-state index in [-0.39, 0.29) is 0 Å². The molecule has 0 aromatic heterocycles. The van der Waals surface area contributed by atoms with E-state index in [4.69, 9.17) is 14.2 Å². The molecule has 0 aliphatic heterocycles. The van der Waals surface area contributed by atoms with Gasteiger partial charge < -0.3 is 14.2 Å². The molecule has 3 aromatic rings. The van der Waals surface area contributed by atoms with Gasteiger partial charge in [0.1, 0.15) is 17.2 Å². The van der Waals surface area contributed by atoms with Gasteiger partial charge in [0.25, 0.3) is 0 Å². The van der Waals surface area contributed by atoms with E-state index < -0.39 is 0 Å². The summed E-state index contributed by atoms with van der Waals surface area (Å²) >= 11 is 0. The molecule has 0 heterocycles. The van der Waals surface area contributed by atoms with Crippen molar-refractivity contribution < 1.29 is 19.0 Å². The summed E-state index contributed by atoms with van der Waals surface area (Å²) in [6, 6.07) is 9.80. The molecule has 3 rings (SSSR count). The molecule has 0 N–H and O–H groups in total. The predicted octanol–water partition coefficient (Wildman–Crippen LogP) is 4.14. The smallest absolute Gasteiger partial charge is 0.154 e. The Morgan fingerprint density at radius 3 is 2.13 bits per heavy atom. The third kappa shape index (κ3) is 2.10. The maximum atomic E-state index is 11.6. The Morgan fingerprint density at radius 1 is 0.826 bits per heavy atom. The number of aldehydes is 1. The van der Waals surface area contributed by atoms with Crippen LogP contribution in [0.15, 0.2) is 30.3 Å². The zero-order valence-electron chi connectivity index (χ0n) is 13.6. The third-order valence-corrected chi connectivity index (χ3v) is 4.23. The minimum Gasteiger partial charge on any atom is -0.496 e. The van der Waals surface area contributed by atoms with Gasteiger partial charge in [-0.1, -0.05) is 12.1 Å². The highest BCUT2D eigenvalue weighted by molar-refractivity contribution is 6.16. The number of methoxy groups -OCH3 is 3. The van der Waals surface area contributed by atoms with Crippen LogP contribution in [0.5, 0.6) is 17.2 Å². The Balaban J connectivity index is 2.63. The average Bonchev–Trinajstić information content (AvgIpc) is 2.59. The molecule has 0 aliphatic rings. The zero-order chi connectivity index (χ0) is 16.6. The molecule has 23 heavy (non-hydrogen) atoms. The molecule has 0 saturated carbocycles. The first-order chi connectivity index (χ1) is 11.2. The van der Waals surface area contributed by atoms with Gasteiger partial charge in [-0.3, -0.25) is 4.79 Å². The summed E-state index contributed by atoms with van der Waals surface area (Å²) in [5, 5.41) is 3.69. The zero-order valence-corrected chi connectivity index (χ0v) is 13.6. The van der Waals surface area contributed by atoms with Crippen LogP contribution in [0.2, 0.25) is 0 Å². The average molecular weight is 310 g/mol. The van der Waals surface area contributed by atoms with Crippen molar-refractivity contribution in [2.24, 2.45) is 0 Å². The Labute approximate surface area is 134 Å². The van der Waals surface area contributed by atoms with E-state index in [1.165, 1.54) is 0 Å². The van der Waals surface area contributed by atoms with Gasteiger partial charge in [0.2, 0.25) is 0 Å². The monoisotopic (exact) mass is 310 g/mol. The van der Waals surface area contributed by atoms with Crippen LogP contribution < -0.4 is 14.2 Å². The van der Waals surface area contributed by atoms with E-state index in [2.05, 4.69) is 0 Å². The van der Waals surface area contributed by atoms with Gasteiger partial charge in [0.05, 0.1) is 26.9 Å². The number of benzene rings is 3. The SMILES string of the molecule is COc1cccc2c1ccc1c(OC)c(C)c(C=O)c(OC)c12. The second kappa shape index (κ2) is 5.80. The lowest BCUT2D eigenvalue weighted by Crippen LogP contribution is -2.00. The summed E-state index contributed by atoms with van der Waals surface area (Å²) in [5.74, 6) is 2.03. The Kier molecular flexibility index (Phi) is 3.82. The molecule has 0 saturated heterocycles. The molecule has 0 radical (unpaired) electrons. The highest BCUT2D eigenvalue weighted by atomic mass is 16.5. The lowest BCUT2D eigenvalue weighted by Gasteiger charge is -2.18. The normalized spacial score (nSPS) is 10.8. The summed E-state index contributed by atoms with van der Waals surface area (Å²) in [5.41, 5.74) is 1.28. The van der Waals surface area contributed by atoms with Crippen LogP contribution in [-0.4, -0.2) is 27.6 Å². The molecule has 3 aromatic carbocycles. The van der Waals surface area contributed by atoms with Crippen LogP contribution in [-0.2, 0) is 0 Å². The van der Waals surface area contributed by atoms with Crippen molar-refractivity contribution in [1.82, 2.24) is 0 Å². The van der Waals surface area contributed by atoms with Crippen LogP contribution in [0.4, 0.5) is 0 Å². The van der Waals surface area contributed by atoms with Crippen molar-refractivity contribution in [3.05, 3.63) is 41.5 Å². The Morgan fingerprint density at radius 2 is 1.52 bits per heavy atom. The standard InChI is InChI=1S/C19H18O4/c1-11-15(10-20)19(23-4)17-13-6-5-7-16(21-2)12(13)8-9-14(17)18(11)22-3/h5-10H,1-4H3. The topological polar surface area (TPSA) is 44.8 Å². The van der Waals surface area contributed by atoms with Gasteiger partial charge in [0.15, 0.2) is 6.29 Å². The van der Waals surface area contributed by atoms with Crippen LogP contribution in [0.1, 0.15) is 15.9 Å². The van der Waals surface area contributed by atoms with Crippen LogP contribution >= 0.6 is 0 Å². The van der Waals surface area contributed by atoms with Crippen molar-refractivity contribution in [3.63, 3.8) is 0 Å². The van der Waals surface area contributed by atoms with E-state index in [1.54, 1.807) is 21.3 Å². The minimum absolute atomic E-state index is 0.507. The van der Waals surface area contributed by atoms with Crippen LogP contribution in [0.3, 0.4) is 0 Å². The van der Waals surface area contributed by atoms with Crippen molar-refractivity contribution in [1.29, 1.82) is 0 Å². The summed E-state index contributed by atoms with van der Waals surface area (Å²) in [4.78, 5) is 11.6. The Hall–Kier alpha value is -2.75. The fourth-order valence-electron chi connectivity index (χ4n) is 3.19. The summed E-state index contributed by atoms with van der Waals surface area (Å²) in [7, 11) is 4.83. The van der Waals surface area contributed by atoms with Gasteiger partial charge >= 0.3 is 0 Å². The highest BCUT2D eigenvalue weighted by Gasteiger charge is 2.20. The van der Waals surface area contributed by atoms with Gasteiger partial charge in [-0.05, 0) is 30.5 Å². The molecular formula is C19H18O4. The number of carbonyl (C=O) groups excluding carboxylic acids is 1. The molecular weight excluding hydrogens is 292 g/mol. The van der Waals surface area contributed by atoms with Gasteiger partial charge in [0, 0.05) is 21.7 Å².